The molecule has 0 saturated heterocycles. The van der Waals surface area contributed by atoms with Crippen molar-refractivity contribution in [3.05, 3.63) is 23.3 Å². The van der Waals surface area contributed by atoms with Crippen LogP contribution in [0.3, 0.4) is 0 Å². The fourth-order valence-corrected chi connectivity index (χ4v) is 1.52. The molecule has 1 aromatic rings. The molecule has 1 aliphatic rings. The number of carbonyl (C=O) groups is 1. The van der Waals surface area contributed by atoms with Crippen molar-refractivity contribution in [2.24, 2.45) is 5.73 Å². The molecule has 0 atom stereocenters. The van der Waals surface area contributed by atoms with Crippen LogP contribution in [0.4, 0.5) is 0 Å². The second-order valence-corrected chi connectivity index (χ2v) is 3.33. The molecule has 1 amide bonds. The molecule has 0 fully saturated rings. The molecular weight excluding hydrogens is 180 g/mol. The molecule has 0 radical (unpaired) electrons. The van der Waals surface area contributed by atoms with E-state index in [1.54, 1.807) is 6.20 Å². The van der Waals surface area contributed by atoms with Gasteiger partial charge in [-0.2, -0.15) is 0 Å². The summed E-state index contributed by atoms with van der Waals surface area (Å²) in [5, 5.41) is 3.23. The molecule has 14 heavy (non-hydrogen) atoms. The van der Waals surface area contributed by atoms with E-state index < -0.39 is 0 Å². The molecule has 0 aromatic carbocycles. The summed E-state index contributed by atoms with van der Waals surface area (Å²) < 4.78 is 0. The summed E-state index contributed by atoms with van der Waals surface area (Å²) in [6.07, 6.45) is 2.79. The number of nitrogens with two attached hydrogens (primary N) is 1. The maximum Gasteiger partial charge on any atom is 0.225 e. The Balaban J connectivity index is 2.24. The van der Waals surface area contributed by atoms with Crippen LogP contribution in [0.15, 0.2) is 6.20 Å². The van der Waals surface area contributed by atoms with Gasteiger partial charge in [-0.15, -0.1) is 0 Å². The molecule has 0 spiro atoms. The quantitative estimate of drug-likeness (QED) is 0.639. The summed E-state index contributed by atoms with van der Waals surface area (Å²) in [5.41, 5.74) is 7.22. The first kappa shape index (κ1) is 9.08. The van der Waals surface area contributed by atoms with Crippen LogP contribution < -0.4 is 11.1 Å². The van der Waals surface area contributed by atoms with Crippen LogP contribution in [-0.2, 0) is 24.2 Å². The highest BCUT2D eigenvalue weighted by atomic mass is 16.1. The van der Waals surface area contributed by atoms with E-state index in [9.17, 15) is 4.79 Å². The third-order valence-corrected chi connectivity index (χ3v) is 2.19. The van der Waals surface area contributed by atoms with Crippen molar-refractivity contribution >= 4 is 5.91 Å². The lowest BCUT2D eigenvalue weighted by atomic mass is 10.1. The maximum atomic E-state index is 10.7. The van der Waals surface area contributed by atoms with E-state index in [0.717, 1.165) is 30.8 Å². The average Bonchev–Trinajstić information content (AvgIpc) is 2.17. The van der Waals surface area contributed by atoms with Crippen molar-refractivity contribution in [1.82, 2.24) is 15.3 Å². The van der Waals surface area contributed by atoms with Gasteiger partial charge in [0, 0.05) is 37.0 Å². The van der Waals surface area contributed by atoms with Crippen LogP contribution in [0.1, 0.15) is 17.1 Å². The Labute approximate surface area is 81.7 Å². The fraction of sp³-hybridized carbons (Fsp3) is 0.444. The van der Waals surface area contributed by atoms with Crippen LogP contribution in [0, 0.1) is 0 Å². The lowest BCUT2D eigenvalue weighted by Crippen LogP contribution is -2.26. The Morgan fingerprint density at radius 3 is 3.29 bits per heavy atom. The Morgan fingerprint density at radius 1 is 1.64 bits per heavy atom. The molecule has 5 heteroatoms. The second-order valence-electron chi connectivity index (χ2n) is 3.33. The van der Waals surface area contributed by atoms with E-state index in [2.05, 4.69) is 15.3 Å². The summed E-state index contributed by atoms with van der Waals surface area (Å²) in [4.78, 5) is 19.0. The molecule has 3 N–H and O–H groups in total. The van der Waals surface area contributed by atoms with E-state index >= 15 is 0 Å². The predicted molar refractivity (Wildman–Crippen MR) is 50.3 cm³/mol. The van der Waals surface area contributed by atoms with Crippen molar-refractivity contribution < 1.29 is 4.79 Å². The average molecular weight is 192 g/mol. The van der Waals surface area contributed by atoms with Crippen molar-refractivity contribution in [2.45, 2.75) is 19.4 Å². The topological polar surface area (TPSA) is 80.9 Å². The number of fused-ring (bicyclic) bond motifs is 1. The first-order chi connectivity index (χ1) is 6.75. The van der Waals surface area contributed by atoms with Crippen LogP contribution in [0.5, 0.6) is 0 Å². The van der Waals surface area contributed by atoms with Gasteiger partial charge in [-0.1, -0.05) is 0 Å². The lowest BCUT2D eigenvalue weighted by molar-refractivity contribution is -0.117. The maximum absolute atomic E-state index is 10.7. The van der Waals surface area contributed by atoms with Gasteiger partial charge < -0.3 is 11.1 Å². The highest BCUT2D eigenvalue weighted by Gasteiger charge is 2.11. The summed E-state index contributed by atoms with van der Waals surface area (Å²) >= 11 is 0. The summed E-state index contributed by atoms with van der Waals surface area (Å²) in [7, 11) is 0. The SMILES string of the molecule is NC(=O)Cc1ncc2c(n1)CCNC2. The number of amides is 1. The highest BCUT2D eigenvalue weighted by molar-refractivity contribution is 5.75. The number of hydrogen-bond donors (Lipinski definition) is 2. The van der Waals surface area contributed by atoms with Gasteiger partial charge in [0.15, 0.2) is 0 Å². The van der Waals surface area contributed by atoms with Crippen molar-refractivity contribution in [1.29, 1.82) is 0 Å². The third-order valence-electron chi connectivity index (χ3n) is 2.19. The lowest BCUT2D eigenvalue weighted by Gasteiger charge is -2.15. The zero-order valence-corrected chi connectivity index (χ0v) is 7.79. The normalized spacial score (nSPS) is 14.9. The molecule has 2 rings (SSSR count). The standard InChI is InChI=1S/C9H12N4O/c10-8(14)3-9-12-5-6-4-11-2-1-7(6)13-9/h5,11H,1-4H2,(H2,10,14). The van der Waals surface area contributed by atoms with Crippen LogP contribution in [-0.4, -0.2) is 22.4 Å². The third kappa shape index (κ3) is 1.88. The Bertz CT molecular complexity index is 364. The van der Waals surface area contributed by atoms with E-state index in [-0.39, 0.29) is 12.3 Å². The first-order valence-corrected chi connectivity index (χ1v) is 4.58. The van der Waals surface area contributed by atoms with Crippen molar-refractivity contribution in [3.63, 3.8) is 0 Å². The van der Waals surface area contributed by atoms with Gasteiger partial charge in [-0.3, -0.25) is 4.79 Å². The number of carbonyl (C=O) groups excluding carboxylic acids is 1. The van der Waals surface area contributed by atoms with Crippen molar-refractivity contribution in [3.8, 4) is 0 Å². The van der Waals surface area contributed by atoms with Gasteiger partial charge in [0.2, 0.25) is 5.91 Å². The number of primary amides is 1. The van der Waals surface area contributed by atoms with Gasteiger partial charge in [-0.05, 0) is 0 Å². The molecule has 74 valence electrons. The van der Waals surface area contributed by atoms with Gasteiger partial charge in [0.25, 0.3) is 0 Å². The summed E-state index contributed by atoms with van der Waals surface area (Å²) in [6.45, 7) is 1.74. The van der Waals surface area contributed by atoms with E-state index in [1.807, 2.05) is 0 Å². The zero-order chi connectivity index (χ0) is 9.97. The van der Waals surface area contributed by atoms with Crippen LogP contribution >= 0.6 is 0 Å². The number of nitrogens with one attached hydrogen (secondary N) is 1. The van der Waals surface area contributed by atoms with E-state index in [0.29, 0.717) is 5.82 Å². The second kappa shape index (κ2) is 3.71. The van der Waals surface area contributed by atoms with Gasteiger partial charge in [-0.25, -0.2) is 9.97 Å². The fourth-order valence-electron chi connectivity index (χ4n) is 1.52. The van der Waals surface area contributed by atoms with Crippen LogP contribution in [0.2, 0.25) is 0 Å². The Morgan fingerprint density at radius 2 is 2.50 bits per heavy atom. The number of hydrogen-bond acceptors (Lipinski definition) is 4. The molecule has 0 bridgehead atoms. The zero-order valence-electron chi connectivity index (χ0n) is 7.79. The molecule has 0 saturated carbocycles. The molecule has 5 nitrogen and oxygen atoms in total. The number of rotatable bonds is 2. The minimum atomic E-state index is -0.390. The largest absolute Gasteiger partial charge is 0.369 e. The van der Waals surface area contributed by atoms with Gasteiger partial charge in [0.05, 0.1) is 6.42 Å². The number of nitrogens with zero attached hydrogens (tertiary/aromatic N) is 2. The highest BCUT2D eigenvalue weighted by Crippen LogP contribution is 2.09. The minimum absolute atomic E-state index is 0.126. The minimum Gasteiger partial charge on any atom is -0.369 e. The molecule has 1 aliphatic heterocycles. The molecule has 0 aliphatic carbocycles. The molecule has 1 aromatic heterocycles. The number of aromatic nitrogens is 2. The van der Waals surface area contributed by atoms with Crippen molar-refractivity contribution in [2.75, 3.05) is 6.54 Å². The predicted octanol–water partition coefficient (Wildman–Crippen LogP) is -0.850. The molecular formula is C9H12N4O. The Kier molecular flexibility index (Phi) is 2.41. The van der Waals surface area contributed by atoms with Gasteiger partial charge >= 0.3 is 0 Å². The smallest absolute Gasteiger partial charge is 0.225 e. The van der Waals surface area contributed by atoms with E-state index in [4.69, 9.17) is 5.73 Å². The van der Waals surface area contributed by atoms with Gasteiger partial charge in [0.1, 0.15) is 5.82 Å². The first-order valence-electron chi connectivity index (χ1n) is 4.58. The van der Waals surface area contributed by atoms with Crippen LogP contribution in [0.25, 0.3) is 0 Å². The molecule has 2 heterocycles. The monoisotopic (exact) mass is 192 g/mol. The molecule has 0 unspecified atom stereocenters. The van der Waals surface area contributed by atoms with E-state index in [1.165, 1.54) is 0 Å². The summed E-state index contributed by atoms with van der Waals surface area (Å²) in [6, 6.07) is 0. The summed E-state index contributed by atoms with van der Waals surface area (Å²) in [5.74, 6) is 0.136. The Hall–Kier alpha value is -1.49.